The molecule has 0 atom stereocenters. The Hall–Kier alpha value is -2.88. The number of nitrogens with zero attached hydrogens (tertiary/aromatic N) is 2. The highest BCUT2D eigenvalue weighted by Crippen LogP contribution is 2.12. The Labute approximate surface area is 135 Å². The molecule has 4 nitrogen and oxygen atoms in total. The molecule has 0 unspecified atom stereocenters. The van der Waals surface area contributed by atoms with Crippen molar-refractivity contribution in [1.82, 2.24) is 9.78 Å². The van der Waals surface area contributed by atoms with E-state index in [4.69, 9.17) is 0 Å². The Kier molecular flexibility index (Phi) is 4.52. The SMILES string of the molecule is Cc1ccccc1Cn1cc(NC(=O)Cc2ccccc2)cn1. The van der Waals surface area contributed by atoms with Crippen molar-refractivity contribution in [3.05, 3.63) is 83.7 Å². The molecule has 4 heteroatoms. The van der Waals surface area contributed by atoms with Gasteiger partial charge in [0.2, 0.25) is 5.91 Å². The van der Waals surface area contributed by atoms with Gasteiger partial charge in [0.25, 0.3) is 0 Å². The Balaban J connectivity index is 1.61. The third-order valence-electron chi connectivity index (χ3n) is 3.72. The molecule has 0 bridgehead atoms. The highest BCUT2D eigenvalue weighted by Gasteiger charge is 2.06. The van der Waals surface area contributed by atoms with Crippen LogP contribution < -0.4 is 5.32 Å². The molecule has 3 aromatic rings. The second-order valence-corrected chi connectivity index (χ2v) is 5.56. The maximum atomic E-state index is 12.1. The van der Waals surface area contributed by atoms with Crippen molar-refractivity contribution in [2.24, 2.45) is 0 Å². The van der Waals surface area contributed by atoms with Crippen LogP contribution in [0.2, 0.25) is 0 Å². The molecule has 0 saturated carbocycles. The summed E-state index contributed by atoms with van der Waals surface area (Å²) in [6, 6.07) is 17.9. The molecule has 2 aromatic carbocycles. The molecule has 23 heavy (non-hydrogen) atoms. The maximum absolute atomic E-state index is 12.1. The summed E-state index contributed by atoms with van der Waals surface area (Å²) < 4.78 is 1.83. The summed E-state index contributed by atoms with van der Waals surface area (Å²) >= 11 is 0. The average Bonchev–Trinajstić information content (AvgIpc) is 2.97. The molecular formula is C19H19N3O. The smallest absolute Gasteiger partial charge is 0.228 e. The van der Waals surface area contributed by atoms with E-state index in [0.717, 1.165) is 11.3 Å². The first kappa shape index (κ1) is 15.0. The number of carbonyl (C=O) groups excluding carboxylic acids is 1. The monoisotopic (exact) mass is 305 g/mol. The zero-order valence-corrected chi connectivity index (χ0v) is 13.1. The topological polar surface area (TPSA) is 46.9 Å². The zero-order chi connectivity index (χ0) is 16.1. The van der Waals surface area contributed by atoms with E-state index in [1.807, 2.05) is 53.3 Å². The molecule has 0 radical (unpaired) electrons. The van der Waals surface area contributed by atoms with Gasteiger partial charge in [-0.1, -0.05) is 54.6 Å². The predicted octanol–water partition coefficient (Wildman–Crippen LogP) is 3.42. The lowest BCUT2D eigenvalue weighted by molar-refractivity contribution is -0.115. The van der Waals surface area contributed by atoms with E-state index in [-0.39, 0.29) is 5.91 Å². The predicted molar refractivity (Wildman–Crippen MR) is 91.3 cm³/mol. The number of anilines is 1. The van der Waals surface area contributed by atoms with Gasteiger partial charge >= 0.3 is 0 Å². The van der Waals surface area contributed by atoms with Gasteiger partial charge in [-0.05, 0) is 23.6 Å². The standard InChI is InChI=1S/C19H19N3O/c1-15-7-5-6-10-17(15)13-22-14-18(12-20-22)21-19(23)11-16-8-3-2-4-9-16/h2-10,12,14H,11,13H2,1H3,(H,21,23). The molecule has 0 fully saturated rings. The second-order valence-electron chi connectivity index (χ2n) is 5.56. The van der Waals surface area contributed by atoms with Gasteiger partial charge in [-0.15, -0.1) is 0 Å². The van der Waals surface area contributed by atoms with E-state index >= 15 is 0 Å². The number of carbonyl (C=O) groups is 1. The molecule has 0 aliphatic rings. The van der Waals surface area contributed by atoms with Crippen LogP contribution in [0.5, 0.6) is 0 Å². The normalized spacial score (nSPS) is 10.5. The van der Waals surface area contributed by atoms with Crippen molar-refractivity contribution in [2.45, 2.75) is 19.9 Å². The number of aromatic nitrogens is 2. The Morgan fingerprint density at radius 3 is 2.61 bits per heavy atom. The Morgan fingerprint density at radius 2 is 1.83 bits per heavy atom. The van der Waals surface area contributed by atoms with Crippen molar-refractivity contribution in [1.29, 1.82) is 0 Å². The van der Waals surface area contributed by atoms with Crippen LogP contribution in [0.1, 0.15) is 16.7 Å². The highest BCUT2D eigenvalue weighted by molar-refractivity contribution is 5.91. The summed E-state index contributed by atoms with van der Waals surface area (Å²) in [4.78, 5) is 12.1. The van der Waals surface area contributed by atoms with Crippen LogP contribution in [0.15, 0.2) is 67.0 Å². The van der Waals surface area contributed by atoms with Crippen LogP contribution >= 0.6 is 0 Å². The van der Waals surface area contributed by atoms with Gasteiger partial charge in [-0.25, -0.2) is 0 Å². The van der Waals surface area contributed by atoms with Crippen molar-refractivity contribution >= 4 is 11.6 Å². The molecule has 1 heterocycles. The van der Waals surface area contributed by atoms with Gasteiger partial charge in [0.05, 0.1) is 24.8 Å². The molecule has 0 spiro atoms. The Bertz CT molecular complexity index is 793. The highest BCUT2D eigenvalue weighted by atomic mass is 16.1. The van der Waals surface area contributed by atoms with E-state index in [9.17, 15) is 4.79 Å². The molecule has 3 rings (SSSR count). The number of nitrogens with one attached hydrogen (secondary N) is 1. The van der Waals surface area contributed by atoms with Gasteiger partial charge in [0, 0.05) is 6.20 Å². The van der Waals surface area contributed by atoms with Crippen molar-refractivity contribution < 1.29 is 4.79 Å². The summed E-state index contributed by atoms with van der Waals surface area (Å²) in [7, 11) is 0. The lowest BCUT2D eigenvalue weighted by Crippen LogP contribution is -2.13. The van der Waals surface area contributed by atoms with Gasteiger partial charge in [0.1, 0.15) is 0 Å². The quantitative estimate of drug-likeness (QED) is 0.785. The van der Waals surface area contributed by atoms with E-state index in [1.54, 1.807) is 6.20 Å². The number of hydrogen-bond donors (Lipinski definition) is 1. The second kappa shape index (κ2) is 6.92. The lowest BCUT2D eigenvalue weighted by Gasteiger charge is -2.05. The van der Waals surface area contributed by atoms with Crippen LogP contribution in [-0.2, 0) is 17.8 Å². The number of rotatable bonds is 5. The zero-order valence-electron chi connectivity index (χ0n) is 13.1. The van der Waals surface area contributed by atoms with E-state index in [2.05, 4.69) is 29.5 Å². The van der Waals surface area contributed by atoms with Crippen molar-refractivity contribution in [2.75, 3.05) is 5.32 Å². The minimum atomic E-state index is -0.0355. The molecule has 1 aromatic heterocycles. The van der Waals surface area contributed by atoms with Gasteiger partial charge in [0.15, 0.2) is 0 Å². The molecule has 1 amide bonds. The van der Waals surface area contributed by atoms with Crippen LogP contribution in [0.3, 0.4) is 0 Å². The number of aryl methyl sites for hydroxylation is 1. The van der Waals surface area contributed by atoms with E-state index in [0.29, 0.717) is 13.0 Å². The van der Waals surface area contributed by atoms with Crippen molar-refractivity contribution in [3.63, 3.8) is 0 Å². The largest absolute Gasteiger partial charge is 0.323 e. The fourth-order valence-electron chi connectivity index (χ4n) is 2.46. The summed E-state index contributed by atoms with van der Waals surface area (Å²) in [6.07, 6.45) is 3.90. The number of benzene rings is 2. The molecule has 0 aliphatic heterocycles. The van der Waals surface area contributed by atoms with E-state index in [1.165, 1.54) is 11.1 Å². The lowest BCUT2D eigenvalue weighted by atomic mass is 10.1. The molecular weight excluding hydrogens is 286 g/mol. The van der Waals surface area contributed by atoms with Crippen LogP contribution in [-0.4, -0.2) is 15.7 Å². The number of hydrogen-bond acceptors (Lipinski definition) is 2. The first-order valence-corrected chi connectivity index (χ1v) is 7.61. The fraction of sp³-hybridized carbons (Fsp3) is 0.158. The first-order chi connectivity index (χ1) is 11.2. The summed E-state index contributed by atoms with van der Waals surface area (Å²) in [5, 5.41) is 7.20. The number of amides is 1. The maximum Gasteiger partial charge on any atom is 0.228 e. The first-order valence-electron chi connectivity index (χ1n) is 7.61. The van der Waals surface area contributed by atoms with Gasteiger partial charge in [-0.2, -0.15) is 5.10 Å². The molecule has 0 aliphatic carbocycles. The fourth-order valence-corrected chi connectivity index (χ4v) is 2.46. The van der Waals surface area contributed by atoms with Crippen LogP contribution in [0.25, 0.3) is 0 Å². The third kappa shape index (κ3) is 4.07. The summed E-state index contributed by atoms with van der Waals surface area (Å²) in [6.45, 7) is 2.78. The van der Waals surface area contributed by atoms with E-state index < -0.39 is 0 Å². The van der Waals surface area contributed by atoms with Crippen molar-refractivity contribution in [3.8, 4) is 0 Å². The summed E-state index contributed by atoms with van der Waals surface area (Å²) in [5.74, 6) is -0.0355. The van der Waals surface area contributed by atoms with Crippen LogP contribution in [0.4, 0.5) is 5.69 Å². The molecule has 1 N–H and O–H groups in total. The van der Waals surface area contributed by atoms with Crippen LogP contribution in [0, 0.1) is 6.92 Å². The molecule has 0 saturated heterocycles. The molecule has 116 valence electrons. The van der Waals surface area contributed by atoms with Gasteiger partial charge in [-0.3, -0.25) is 9.48 Å². The minimum Gasteiger partial charge on any atom is -0.323 e. The van der Waals surface area contributed by atoms with Gasteiger partial charge < -0.3 is 5.32 Å². The average molecular weight is 305 g/mol. The third-order valence-corrected chi connectivity index (χ3v) is 3.72. The summed E-state index contributed by atoms with van der Waals surface area (Å²) in [5.41, 5.74) is 4.17. The minimum absolute atomic E-state index is 0.0355. The Morgan fingerprint density at radius 1 is 1.09 bits per heavy atom.